The van der Waals surface area contributed by atoms with E-state index in [-0.39, 0.29) is 11.5 Å². The van der Waals surface area contributed by atoms with Gasteiger partial charge in [0, 0.05) is 25.6 Å². The maximum Gasteiger partial charge on any atom is 0.161 e. The first kappa shape index (κ1) is 15.7. The lowest BCUT2D eigenvalue weighted by atomic mass is 9.91. The van der Waals surface area contributed by atoms with E-state index in [4.69, 9.17) is 9.72 Å². The molecule has 20 heavy (non-hydrogen) atoms. The molecule has 1 aromatic heterocycles. The summed E-state index contributed by atoms with van der Waals surface area (Å²) in [5, 5.41) is 3.13. The summed E-state index contributed by atoms with van der Waals surface area (Å²) < 4.78 is 6.76. The fraction of sp³-hybridized carbons (Fsp3) is 0.714. The molecule has 1 unspecified atom stereocenters. The molecular weight excluding hydrogens is 320 g/mol. The molecule has 0 aliphatic carbocycles. The summed E-state index contributed by atoms with van der Waals surface area (Å²) in [6.07, 6.45) is -0.0601. The summed E-state index contributed by atoms with van der Waals surface area (Å²) in [6.45, 7) is 8.96. The highest BCUT2D eigenvalue weighted by Crippen LogP contribution is 2.34. The molecule has 5 nitrogen and oxygen atoms in total. The molecule has 6 heteroatoms. The van der Waals surface area contributed by atoms with Crippen molar-refractivity contribution in [1.29, 1.82) is 0 Å². The Balaban J connectivity index is 2.43. The molecule has 0 spiro atoms. The standard InChI is InChI=1S/C14H23BrN4O/c1-14(2,3)11-10(15)13(16-4)18-12(17-11)9-8-19(5)6-7-20-9/h9H,6-8H2,1-5H3,(H,16,17,18). The third-order valence-corrected chi connectivity index (χ3v) is 4.12. The van der Waals surface area contributed by atoms with Crippen LogP contribution in [0.15, 0.2) is 4.47 Å². The summed E-state index contributed by atoms with van der Waals surface area (Å²) in [7, 11) is 3.97. The Kier molecular flexibility index (Phi) is 4.66. The zero-order valence-corrected chi connectivity index (χ0v) is 14.4. The van der Waals surface area contributed by atoms with Crippen molar-refractivity contribution in [2.24, 2.45) is 0 Å². The Hall–Kier alpha value is -0.720. The number of rotatable bonds is 2. The maximum absolute atomic E-state index is 5.83. The first-order valence-corrected chi connectivity index (χ1v) is 7.68. The third kappa shape index (κ3) is 3.30. The average molecular weight is 343 g/mol. The van der Waals surface area contributed by atoms with Crippen LogP contribution in [-0.2, 0) is 10.2 Å². The monoisotopic (exact) mass is 342 g/mol. The second kappa shape index (κ2) is 5.95. The second-order valence-corrected chi connectivity index (χ2v) is 7.01. The summed E-state index contributed by atoms with van der Waals surface area (Å²) in [5.74, 6) is 1.57. The van der Waals surface area contributed by atoms with Crippen LogP contribution in [0.25, 0.3) is 0 Å². The van der Waals surface area contributed by atoms with Gasteiger partial charge in [-0.15, -0.1) is 0 Å². The van der Waals surface area contributed by atoms with Gasteiger partial charge in [-0.3, -0.25) is 0 Å². The lowest BCUT2D eigenvalue weighted by Gasteiger charge is -2.30. The minimum atomic E-state index is -0.0601. The van der Waals surface area contributed by atoms with Crippen molar-refractivity contribution in [3.63, 3.8) is 0 Å². The van der Waals surface area contributed by atoms with Gasteiger partial charge in [0.25, 0.3) is 0 Å². The molecule has 1 saturated heterocycles. The number of morpholine rings is 1. The summed E-state index contributed by atoms with van der Waals surface area (Å²) >= 11 is 3.61. The van der Waals surface area contributed by atoms with Crippen LogP contribution < -0.4 is 5.32 Å². The van der Waals surface area contributed by atoms with Crippen molar-refractivity contribution in [1.82, 2.24) is 14.9 Å². The predicted molar refractivity (Wildman–Crippen MR) is 84.2 cm³/mol. The number of nitrogens with one attached hydrogen (secondary N) is 1. The third-order valence-electron chi connectivity index (χ3n) is 3.37. The Labute approximate surface area is 129 Å². The predicted octanol–water partition coefficient (Wildman–Crippen LogP) is 2.58. The van der Waals surface area contributed by atoms with Crippen LogP contribution in [0, 0.1) is 0 Å². The minimum Gasteiger partial charge on any atom is -0.372 e. The first-order valence-electron chi connectivity index (χ1n) is 6.88. The number of hydrogen-bond acceptors (Lipinski definition) is 5. The number of nitrogens with zero attached hydrogens (tertiary/aromatic N) is 3. The van der Waals surface area contributed by atoms with E-state index in [0.29, 0.717) is 0 Å². The Morgan fingerprint density at radius 1 is 1.35 bits per heavy atom. The lowest BCUT2D eigenvalue weighted by molar-refractivity contribution is -0.0256. The van der Waals surface area contributed by atoms with Gasteiger partial charge in [0.05, 0.1) is 16.8 Å². The molecule has 2 heterocycles. The molecule has 0 saturated carbocycles. The summed E-state index contributed by atoms with van der Waals surface area (Å²) in [4.78, 5) is 11.6. The molecule has 0 bridgehead atoms. The number of ether oxygens (including phenoxy) is 1. The normalized spacial score (nSPS) is 21.0. The Morgan fingerprint density at radius 3 is 2.60 bits per heavy atom. The van der Waals surface area contributed by atoms with E-state index >= 15 is 0 Å². The van der Waals surface area contributed by atoms with Crippen molar-refractivity contribution >= 4 is 21.7 Å². The zero-order chi connectivity index (χ0) is 14.9. The Morgan fingerprint density at radius 2 is 2.05 bits per heavy atom. The van der Waals surface area contributed by atoms with Crippen molar-refractivity contribution in [2.75, 3.05) is 39.1 Å². The van der Waals surface area contributed by atoms with E-state index in [0.717, 1.165) is 41.5 Å². The molecule has 1 aliphatic heterocycles. The lowest BCUT2D eigenvalue weighted by Crippen LogP contribution is -2.36. The molecule has 1 N–H and O–H groups in total. The molecule has 1 atom stereocenters. The molecule has 1 aromatic rings. The van der Waals surface area contributed by atoms with Gasteiger partial charge >= 0.3 is 0 Å². The Bertz CT molecular complexity index is 487. The van der Waals surface area contributed by atoms with E-state index < -0.39 is 0 Å². The summed E-state index contributed by atoms with van der Waals surface area (Å²) in [5.41, 5.74) is 0.951. The van der Waals surface area contributed by atoms with E-state index in [2.05, 4.69) is 58.9 Å². The van der Waals surface area contributed by atoms with Crippen LogP contribution in [0.1, 0.15) is 38.4 Å². The van der Waals surface area contributed by atoms with E-state index in [1.807, 2.05) is 7.05 Å². The molecular formula is C14H23BrN4O. The highest BCUT2D eigenvalue weighted by atomic mass is 79.9. The molecule has 0 radical (unpaired) electrons. The van der Waals surface area contributed by atoms with E-state index in [1.165, 1.54) is 0 Å². The zero-order valence-electron chi connectivity index (χ0n) is 12.8. The number of anilines is 1. The first-order chi connectivity index (χ1) is 9.32. The number of hydrogen-bond donors (Lipinski definition) is 1. The highest BCUT2D eigenvalue weighted by Gasteiger charge is 2.28. The SMILES string of the molecule is CNc1nc(C2CN(C)CCO2)nc(C(C)(C)C)c1Br. The smallest absolute Gasteiger partial charge is 0.161 e. The molecule has 0 amide bonds. The van der Waals surface area contributed by atoms with Crippen LogP contribution in [-0.4, -0.2) is 48.7 Å². The van der Waals surface area contributed by atoms with Crippen LogP contribution in [0.5, 0.6) is 0 Å². The van der Waals surface area contributed by atoms with Crippen LogP contribution in [0.2, 0.25) is 0 Å². The van der Waals surface area contributed by atoms with E-state index in [1.54, 1.807) is 0 Å². The minimum absolute atomic E-state index is 0.0529. The second-order valence-electron chi connectivity index (χ2n) is 6.21. The number of likely N-dealkylation sites (N-methyl/N-ethyl adjacent to an activating group) is 1. The van der Waals surface area contributed by atoms with Crippen molar-refractivity contribution < 1.29 is 4.74 Å². The van der Waals surface area contributed by atoms with Crippen molar-refractivity contribution in [3.05, 3.63) is 16.0 Å². The molecule has 1 aliphatic rings. The van der Waals surface area contributed by atoms with Gasteiger partial charge in [0.2, 0.25) is 0 Å². The van der Waals surface area contributed by atoms with Crippen LogP contribution >= 0.6 is 15.9 Å². The molecule has 112 valence electrons. The maximum atomic E-state index is 5.83. The van der Waals surface area contributed by atoms with Gasteiger partial charge in [0.1, 0.15) is 11.9 Å². The van der Waals surface area contributed by atoms with Gasteiger partial charge in [0.15, 0.2) is 5.82 Å². The molecule has 2 rings (SSSR count). The van der Waals surface area contributed by atoms with Gasteiger partial charge in [-0.1, -0.05) is 20.8 Å². The van der Waals surface area contributed by atoms with Crippen molar-refractivity contribution in [3.8, 4) is 0 Å². The topological polar surface area (TPSA) is 50.3 Å². The van der Waals surface area contributed by atoms with Crippen molar-refractivity contribution in [2.45, 2.75) is 32.3 Å². The van der Waals surface area contributed by atoms with Gasteiger partial charge < -0.3 is 15.0 Å². The van der Waals surface area contributed by atoms with Gasteiger partial charge in [-0.2, -0.15) is 0 Å². The fourth-order valence-corrected chi connectivity index (χ4v) is 3.18. The summed E-state index contributed by atoms with van der Waals surface area (Å²) in [6, 6.07) is 0. The van der Waals surface area contributed by atoms with E-state index in [9.17, 15) is 0 Å². The number of aromatic nitrogens is 2. The molecule has 1 fully saturated rings. The largest absolute Gasteiger partial charge is 0.372 e. The van der Waals surface area contributed by atoms with Gasteiger partial charge in [-0.05, 0) is 23.0 Å². The van der Waals surface area contributed by atoms with Gasteiger partial charge in [-0.25, -0.2) is 9.97 Å². The van der Waals surface area contributed by atoms with Crippen LogP contribution in [0.3, 0.4) is 0 Å². The van der Waals surface area contributed by atoms with Crippen LogP contribution in [0.4, 0.5) is 5.82 Å². The highest BCUT2D eigenvalue weighted by molar-refractivity contribution is 9.10. The average Bonchev–Trinajstić information content (AvgIpc) is 2.37. The number of halogens is 1. The molecule has 0 aromatic carbocycles. The quantitative estimate of drug-likeness (QED) is 0.895. The fourth-order valence-electron chi connectivity index (χ4n) is 2.21.